The van der Waals surface area contributed by atoms with Crippen LogP contribution in [0.2, 0.25) is 0 Å². The van der Waals surface area contributed by atoms with E-state index in [9.17, 15) is 26.3 Å². The summed E-state index contributed by atoms with van der Waals surface area (Å²) in [6.07, 6.45) is -5.85. The standard InChI is InChI=1S/C19H17F3N2O.C2HF3O2/c20-19(21,22)12-5-7-14(8-6-12)25-15-9-13(10-15)24-11-17(23)16-3-1-2-4-18(16)24;3-2(4,5)1(6)7/h1-8,11,13,15H,9-10,23H2;(H,6,7)/t13-,15-;. The fraction of sp³-hybridized carbons (Fsp3) is 0.286. The Bertz CT molecular complexity index is 1080. The first-order valence-electron chi connectivity index (χ1n) is 9.35. The lowest BCUT2D eigenvalue weighted by atomic mass is 9.89. The van der Waals surface area contributed by atoms with E-state index in [0.29, 0.717) is 11.8 Å². The summed E-state index contributed by atoms with van der Waals surface area (Å²) in [5.41, 5.74) is 7.24. The van der Waals surface area contributed by atoms with Crippen LogP contribution >= 0.6 is 0 Å². The van der Waals surface area contributed by atoms with Gasteiger partial charge in [-0.25, -0.2) is 4.79 Å². The molecule has 1 aliphatic rings. The normalized spacial score (nSPS) is 18.4. The molecule has 11 heteroatoms. The second-order valence-electron chi connectivity index (χ2n) is 7.20. The van der Waals surface area contributed by atoms with Gasteiger partial charge in [0, 0.05) is 30.5 Å². The SMILES string of the molecule is Nc1cn([C@H]2C[C@H](Oc3ccc(C(F)(F)F)cc3)C2)c2ccccc12.O=C(O)C(F)(F)F. The molecule has 1 fully saturated rings. The Kier molecular flexibility index (Phi) is 6.29. The van der Waals surface area contributed by atoms with Crippen molar-refractivity contribution in [1.82, 2.24) is 4.57 Å². The number of nitrogens with two attached hydrogens (primary N) is 1. The third-order valence-corrected chi connectivity index (χ3v) is 4.96. The molecule has 5 nitrogen and oxygen atoms in total. The minimum atomic E-state index is -5.08. The Morgan fingerprint density at radius 1 is 1.00 bits per heavy atom. The minimum Gasteiger partial charge on any atom is -0.490 e. The third-order valence-electron chi connectivity index (χ3n) is 4.96. The number of aromatic nitrogens is 1. The lowest BCUT2D eigenvalue weighted by Gasteiger charge is -2.36. The van der Waals surface area contributed by atoms with Gasteiger partial charge in [-0.2, -0.15) is 26.3 Å². The molecule has 0 amide bonds. The van der Waals surface area contributed by atoms with Crippen molar-refractivity contribution < 1.29 is 41.0 Å². The molecule has 0 unspecified atom stereocenters. The molecule has 3 aromatic rings. The van der Waals surface area contributed by atoms with E-state index >= 15 is 0 Å². The maximum atomic E-state index is 12.6. The summed E-state index contributed by atoms with van der Waals surface area (Å²) in [4.78, 5) is 8.90. The van der Waals surface area contributed by atoms with Gasteiger partial charge in [-0.05, 0) is 30.3 Å². The van der Waals surface area contributed by atoms with Crippen LogP contribution in [0.25, 0.3) is 10.9 Å². The molecular formula is C21H18F6N2O3. The topological polar surface area (TPSA) is 77.5 Å². The number of para-hydroxylation sites is 1. The quantitative estimate of drug-likeness (QED) is 0.495. The van der Waals surface area contributed by atoms with Crippen molar-refractivity contribution in [3.05, 3.63) is 60.3 Å². The van der Waals surface area contributed by atoms with Crippen LogP contribution in [0.4, 0.5) is 32.0 Å². The Balaban J connectivity index is 0.000000360. The number of carboxylic acids is 1. The summed E-state index contributed by atoms with van der Waals surface area (Å²) in [6, 6.07) is 13.1. The van der Waals surface area contributed by atoms with Gasteiger partial charge in [0.25, 0.3) is 0 Å². The van der Waals surface area contributed by atoms with Crippen molar-refractivity contribution in [2.75, 3.05) is 5.73 Å². The summed E-state index contributed by atoms with van der Waals surface area (Å²) in [7, 11) is 0. The van der Waals surface area contributed by atoms with Crippen LogP contribution in [-0.2, 0) is 11.0 Å². The van der Waals surface area contributed by atoms with E-state index < -0.39 is 23.9 Å². The molecule has 172 valence electrons. The van der Waals surface area contributed by atoms with Gasteiger partial charge in [0.15, 0.2) is 0 Å². The molecule has 1 saturated carbocycles. The maximum absolute atomic E-state index is 12.6. The molecule has 1 aromatic heterocycles. The largest absolute Gasteiger partial charge is 0.490 e. The number of ether oxygens (including phenoxy) is 1. The average molecular weight is 460 g/mol. The fourth-order valence-corrected chi connectivity index (χ4v) is 3.31. The average Bonchev–Trinajstić information content (AvgIpc) is 3.00. The van der Waals surface area contributed by atoms with Crippen molar-refractivity contribution in [1.29, 1.82) is 0 Å². The van der Waals surface area contributed by atoms with Gasteiger partial charge in [0.05, 0.1) is 16.8 Å². The van der Waals surface area contributed by atoms with Gasteiger partial charge in [-0.15, -0.1) is 0 Å². The second-order valence-corrected chi connectivity index (χ2v) is 7.20. The van der Waals surface area contributed by atoms with Crippen molar-refractivity contribution in [2.45, 2.75) is 37.3 Å². The zero-order valence-electron chi connectivity index (χ0n) is 16.3. The molecule has 3 N–H and O–H groups in total. The summed E-state index contributed by atoms with van der Waals surface area (Å²) in [6.45, 7) is 0. The number of carboxylic acid groups (broad SMARTS) is 1. The van der Waals surface area contributed by atoms with Gasteiger partial charge in [-0.3, -0.25) is 0 Å². The summed E-state index contributed by atoms with van der Waals surface area (Å²) in [5, 5.41) is 8.16. The van der Waals surface area contributed by atoms with E-state index in [1.165, 1.54) is 12.1 Å². The monoisotopic (exact) mass is 460 g/mol. The molecule has 32 heavy (non-hydrogen) atoms. The van der Waals surface area contributed by atoms with E-state index in [1.807, 2.05) is 30.5 Å². The van der Waals surface area contributed by atoms with Crippen LogP contribution in [0.1, 0.15) is 24.4 Å². The molecule has 1 heterocycles. The van der Waals surface area contributed by atoms with Gasteiger partial charge in [0.1, 0.15) is 11.9 Å². The summed E-state index contributed by atoms with van der Waals surface area (Å²) in [5.74, 6) is -2.29. The minimum absolute atomic E-state index is 0.00382. The van der Waals surface area contributed by atoms with Crippen LogP contribution in [0.5, 0.6) is 5.75 Å². The van der Waals surface area contributed by atoms with E-state index in [2.05, 4.69) is 4.57 Å². The highest BCUT2D eigenvalue weighted by Crippen LogP contribution is 2.39. The number of nitrogen functional groups attached to an aromatic ring is 1. The number of alkyl halides is 6. The van der Waals surface area contributed by atoms with E-state index in [-0.39, 0.29) is 6.10 Å². The van der Waals surface area contributed by atoms with Crippen molar-refractivity contribution in [2.24, 2.45) is 0 Å². The molecule has 4 rings (SSSR count). The van der Waals surface area contributed by atoms with Crippen LogP contribution in [0.15, 0.2) is 54.7 Å². The number of anilines is 1. The van der Waals surface area contributed by atoms with Gasteiger partial charge < -0.3 is 20.1 Å². The summed E-state index contributed by atoms with van der Waals surface area (Å²) >= 11 is 0. The highest BCUT2D eigenvalue weighted by molar-refractivity contribution is 5.91. The first-order valence-corrected chi connectivity index (χ1v) is 9.35. The maximum Gasteiger partial charge on any atom is 0.490 e. The number of fused-ring (bicyclic) bond motifs is 1. The highest BCUT2D eigenvalue weighted by atomic mass is 19.4. The molecule has 0 radical (unpaired) electrons. The van der Waals surface area contributed by atoms with E-state index in [4.69, 9.17) is 20.4 Å². The number of carbonyl (C=O) groups is 1. The number of halogens is 6. The van der Waals surface area contributed by atoms with Gasteiger partial charge in [0.2, 0.25) is 0 Å². The first kappa shape index (κ1) is 23.3. The van der Waals surface area contributed by atoms with Crippen LogP contribution < -0.4 is 10.5 Å². The molecular weight excluding hydrogens is 442 g/mol. The van der Waals surface area contributed by atoms with Gasteiger partial charge >= 0.3 is 18.3 Å². The number of benzene rings is 2. The smallest absolute Gasteiger partial charge is 0.490 e. The van der Waals surface area contributed by atoms with Gasteiger partial charge in [-0.1, -0.05) is 18.2 Å². The van der Waals surface area contributed by atoms with Crippen molar-refractivity contribution in [3.8, 4) is 5.75 Å². The number of aliphatic carboxylic acids is 1. The lowest BCUT2D eigenvalue weighted by molar-refractivity contribution is -0.192. The second kappa shape index (κ2) is 8.64. The number of hydrogen-bond donors (Lipinski definition) is 2. The predicted octanol–water partition coefficient (Wildman–Crippen LogP) is 5.66. The van der Waals surface area contributed by atoms with Crippen LogP contribution in [-0.4, -0.2) is 27.9 Å². The molecule has 0 aliphatic heterocycles. The zero-order chi connectivity index (χ0) is 23.7. The Morgan fingerprint density at radius 3 is 2.09 bits per heavy atom. The third kappa shape index (κ3) is 5.27. The van der Waals surface area contributed by atoms with Crippen molar-refractivity contribution in [3.63, 3.8) is 0 Å². The Morgan fingerprint density at radius 2 is 1.56 bits per heavy atom. The molecule has 0 bridgehead atoms. The zero-order valence-corrected chi connectivity index (χ0v) is 16.3. The molecule has 0 saturated heterocycles. The summed E-state index contributed by atoms with van der Waals surface area (Å²) < 4.78 is 77.4. The van der Waals surface area contributed by atoms with E-state index in [1.54, 1.807) is 0 Å². The molecule has 0 atom stereocenters. The van der Waals surface area contributed by atoms with Crippen molar-refractivity contribution >= 4 is 22.6 Å². The Hall–Kier alpha value is -3.37. The highest BCUT2D eigenvalue weighted by Gasteiger charge is 2.38. The lowest BCUT2D eigenvalue weighted by Crippen LogP contribution is -2.35. The number of rotatable bonds is 3. The fourth-order valence-electron chi connectivity index (χ4n) is 3.31. The Labute approximate surface area is 178 Å². The number of nitrogens with zero attached hydrogens (tertiary/aromatic N) is 1. The molecule has 1 aliphatic carbocycles. The van der Waals surface area contributed by atoms with Crippen LogP contribution in [0, 0.1) is 0 Å². The van der Waals surface area contributed by atoms with Crippen LogP contribution in [0.3, 0.4) is 0 Å². The predicted molar refractivity (Wildman–Crippen MR) is 104 cm³/mol. The first-order chi connectivity index (χ1) is 14.9. The number of hydrogen-bond acceptors (Lipinski definition) is 3. The molecule has 2 aromatic carbocycles. The molecule has 0 spiro atoms. The van der Waals surface area contributed by atoms with E-state index in [0.717, 1.165) is 41.6 Å².